The van der Waals surface area contributed by atoms with Crippen LogP contribution in [0.2, 0.25) is 0 Å². The van der Waals surface area contributed by atoms with E-state index in [1.807, 2.05) is 0 Å². The fourth-order valence-corrected chi connectivity index (χ4v) is 0. The monoisotopic (exact) mass is 139 g/mol. The molecule has 0 aliphatic carbocycles. The van der Waals surface area contributed by atoms with Gasteiger partial charge in [-0.15, -0.1) is 0 Å². The van der Waals surface area contributed by atoms with E-state index in [1.165, 1.54) is 0 Å². The van der Waals surface area contributed by atoms with Crippen molar-refractivity contribution in [3.8, 4) is 0 Å². The van der Waals surface area contributed by atoms with E-state index >= 15 is 0 Å². The summed E-state index contributed by atoms with van der Waals surface area (Å²) >= 11 is 0. The van der Waals surface area contributed by atoms with Crippen molar-refractivity contribution in [2.45, 2.75) is 7.43 Å². The van der Waals surface area contributed by atoms with Crippen molar-refractivity contribution in [1.82, 2.24) is 0 Å². The van der Waals surface area contributed by atoms with Crippen LogP contribution in [0.25, 0.3) is 0 Å². The topological polar surface area (TPSA) is 0 Å². The Bertz CT molecular complexity index is 6.00. The second-order valence-electron chi connectivity index (χ2n) is 0. The predicted octanol–water partition coefficient (Wildman–Crippen LogP) is 0.250. The Morgan fingerprint density at radius 2 is 0.750 bits per heavy atom. The van der Waals surface area contributed by atoms with E-state index < -0.39 is 0 Å². The molecule has 0 fully saturated rings. The van der Waals surface area contributed by atoms with E-state index in [1.54, 1.807) is 0 Å². The molecule has 0 rings (SSSR count). The van der Waals surface area contributed by atoms with E-state index in [0.717, 1.165) is 0 Å². The van der Waals surface area contributed by atoms with Gasteiger partial charge in [-0.05, 0) is 0 Å². The molecule has 0 aromatic rings. The third-order valence-corrected chi connectivity index (χ3v) is 0. The van der Waals surface area contributed by atoms with E-state index in [4.69, 9.17) is 0 Å². The predicted molar refractivity (Wildman–Crippen MR) is 12.5 cm³/mol. The standard InChI is InChI=1S/CH4.Al.2Ti/h1H4;;;. The Morgan fingerprint density at radius 3 is 0.750 bits per heavy atom. The third-order valence-electron chi connectivity index (χ3n) is 0. The molecule has 0 aliphatic heterocycles. The largest absolute Gasteiger partial charge is 0.0776 e. The number of hydrogen-bond donors (Lipinski definition) is 0. The molecule has 0 amide bonds. The molecule has 19 valence electrons. The van der Waals surface area contributed by atoms with Crippen LogP contribution in [0.5, 0.6) is 0 Å². The maximum Gasteiger partial charge on any atom is 0 e. The molecule has 0 saturated carbocycles. The molecule has 0 heterocycles. The van der Waals surface area contributed by atoms with Gasteiger partial charge in [-0.25, -0.2) is 0 Å². The van der Waals surface area contributed by atoms with Gasteiger partial charge in [-0.1, -0.05) is 7.43 Å². The van der Waals surface area contributed by atoms with Gasteiger partial charge in [0.15, 0.2) is 0 Å². The molecule has 0 atom stereocenters. The summed E-state index contributed by atoms with van der Waals surface area (Å²) in [5.74, 6) is 0. The molecular weight excluding hydrogens is 135 g/mol. The van der Waals surface area contributed by atoms with Crippen LogP contribution in [0, 0.1) is 0 Å². The number of hydrogen-bond acceptors (Lipinski definition) is 0. The fraction of sp³-hybridized carbons (Fsp3) is 1.00. The Hall–Kier alpha value is 1.96. The molecule has 0 nitrogen and oxygen atoms in total. The van der Waals surface area contributed by atoms with Crippen molar-refractivity contribution in [3.63, 3.8) is 0 Å². The van der Waals surface area contributed by atoms with Crippen molar-refractivity contribution in [3.05, 3.63) is 0 Å². The van der Waals surface area contributed by atoms with Gasteiger partial charge in [0.2, 0.25) is 0 Å². The first kappa shape index (κ1) is 38.2. The zero-order valence-electron chi connectivity index (χ0n) is 1.58. The maximum absolute atomic E-state index is 0. The van der Waals surface area contributed by atoms with E-state index in [9.17, 15) is 0 Å². The van der Waals surface area contributed by atoms with Gasteiger partial charge in [-0.3, -0.25) is 0 Å². The van der Waals surface area contributed by atoms with Crippen LogP contribution in [-0.2, 0) is 43.4 Å². The summed E-state index contributed by atoms with van der Waals surface area (Å²) in [6, 6.07) is 0. The van der Waals surface area contributed by atoms with Gasteiger partial charge < -0.3 is 0 Å². The molecule has 0 aromatic carbocycles. The molecule has 0 bridgehead atoms. The van der Waals surface area contributed by atoms with Crippen molar-refractivity contribution in [1.29, 1.82) is 0 Å². The second-order valence-corrected chi connectivity index (χ2v) is 0. The van der Waals surface area contributed by atoms with Gasteiger partial charge >= 0.3 is 0 Å². The van der Waals surface area contributed by atoms with Crippen LogP contribution >= 0.6 is 0 Å². The van der Waals surface area contributed by atoms with Crippen molar-refractivity contribution >= 4 is 17.4 Å². The summed E-state index contributed by atoms with van der Waals surface area (Å²) in [5, 5.41) is 0. The second kappa shape index (κ2) is 20.2. The normalized spacial score (nSPS) is 0. The summed E-state index contributed by atoms with van der Waals surface area (Å²) in [7, 11) is 0. The summed E-state index contributed by atoms with van der Waals surface area (Å²) in [6.07, 6.45) is 0. The van der Waals surface area contributed by atoms with Gasteiger partial charge in [0.05, 0.1) is 0 Å². The van der Waals surface area contributed by atoms with Gasteiger partial charge in [0.25, 0.3) is 0 Å². The van der Waals surface area contributed by atoms with Crippen molar-refractivity contribution in [2.75, 3.05) is 0 Å². The van der Waals surface area contributed by atoms with Crippen LogP contribution in [0.3, 0.4) is 0 Å². The summed E-state index contributed by atoms with van der Waals surface area (Å²) < 4.78 is 0. The van der Waals surface area contributed by atoms with Crippen LogP contribution < -0.4 is 0 Å². The fourth-order valence-electron chi connectivity index (χ4n) is 0. The minimum Gasteiger partial charge on any atom is -0.0776 e. The minimum absolute atomic E-state index is 0. The SMILES string of the molecule is C.[Al].[Ti].[Ti]. The maximum atomic E-state index is 0. The van der Waals surface area contributed by atoms with Crippen LogP contribution in [0.15, 0.2) is 0 Å². The molecule has 4 heavy (non-hydrogen) atoms. The van der Waals surface area contributed by atoms with E-state index in [0.29, 0.717) is 0 Å². The van der Waals surface area contributed by atoms with Gasteiger partial charge in [-0.2, -0.15) is 0 Å². The smallest absolute Gasteiger partial charge is 0 e. The first-order valence-electron chi connectivity index (χ1n) is 0. The first-order valence-corrected chi connectivity index (χ1v) is 0. The van der Waals surface area contributed by atoms with Gasteiger partial charge in [0.1, 0.15) is 0 Å². The van der Waals surface area contributed by atoms with Crippen molar-refractivity contribution in [2.24, 2.45) is 0 Å². The van der Waals surface area contributed by atoms with Crippen molar-refractivity contribution < 1.29 is 43.4 Å². The van der Waals surface area contributed by atoms with E-state index in [-0.39, 0.29) is 68.2 Å². The van der Waals surface area contributed by atoms with Crippen LogP contribution in [0.4, 0.5) is 0 Å². The first-order chi connectivity index (χ1) is 0. The molecule has 0 spiro atoms. The summed E-state index contributed by atoms with van der Waals surface area (Å²) in [5.41, 5.74) is 0. The number of rotatable bonds is 0. The zero-order valence-corrected chi connectivity index (χ0v) is 5.86. The minimum atomic E-state index is 0. The Labute approximate surface area is 67.6 Å². The average Bonchev–Trinajstić information content (AvgIpc) is 0. The molecule has 0 N–H and O–H groups in total. The van der Waals surface area contributed by atoms with Crippen LogP contribution in [0.1, 0.15) is 7.43 Å². The average molecular weight is 139 g/mol. The Kier molecular flexibility index (Phi) is 193. The molecule has 3 radical (unpaired) electrons. The Morgan fingerprint density at radius 1 is 0.750 bits per heavy atom. The molecule has 0 aliphatic rings. The third kappa shape index (κ3) is 9.03. The van der Waals surface area contributed by atoms with Gasteiger partial charge in [0, 0.05) is 60.8 Å². The molecule has 0 aromatic heterocycles. The summed E-state index contributed by atoms with van der Waals surface area (Å²) in [6.45, 7) is 0. The van der Waals surface area contributed by atoms with Crippen LogP contribution in [-0.4, -0.2) is 17.4 Å². The molecule has 0 unspecified atom stereocenters. The Balaban J connectivity index is 0. The summed E-state index contributed by atoms with van der Waals surface area (Å²) in [4.78, 5) is 0. The zero-order chi connectivity index (χ0) is 0. The van der Waals surface area contributed by atoms with E-state index in [2.05, 4.69) is 0 Å². The molecular formula is CH4AlTi2. The molecule has 0 saturated heterocycles. The quantitative estimate of drug-likeness (QED) is 0.422. The molecule has 3 heteroatoms.